The molecule has 3 fully saturated rings. The fraction of sp³-hybridized carbons (Fsp3) is 0.938. The standard InChI is InChI=1S/C27H46O.C5H11Cl/c1-18(2)7-6-8-19(3)23-11-12-24-22-10-9-20-17-21(28)13-15-26(20,4)25(22)14-16-27(23,24)5;1-2-3-4-5-6/h9,18-19,21-25,28H,6-8,10-17H2,1-5H3;2-5H2,1H3/t19?,21-,22-,23+,24-,25-,26-,27+;/m0./s1. The summed E-state index contributed by atoms with van der Waals surface area (Å²) in [6.45, 7) is 14.7. The molecular formula is C32H57ClO. The Morgan fingerprint density at radius 3 is 2.38 bits per heavy atom. The van der Waals surface area contributed by atoms with Crippen molar-refractivity contribution in [1.29, 1.82) is 0 Å². The van der Waals surface area contributed by atoms with Crippen molar-refractivity contribution in [3.05, 3.63) is 11.6 Å². The van der Waals surface area contributed by atoms with E-state index >= 15 is 0 Å². The highest BCUT2D eigenvalue weighted by molar-refractivity contribution is 6.17. The fourth-order valence-corrected chi connectivity index (χ4v) is 9.20. The molecule has 1 nitrogen and oxygen atoms in total. The molecule has 0 aromatic carbocycles. The summed E-state index contributed by atoms with van der Waals surface area (Å²) in [6, 6.07) is 0. The molecule has 0 aliphatic heterocycles. The van der Waals surface area contributed by atoms with Crippen LogP contribution in [0.3, 0.4) is 0 Å². The van der Waals surface area contributed by atoms with E-state index in [0.29, 0.717) is 10.8 Å². The van der Waals surface area contributed by atoms with Gasteiger partial charge in [0.05, 0.1) is 6.10 Å². The summed E-state index contributed by atoms with van der Waals surface area (Å²) in [7, 11) is 0. The minimum atomic E-state index is -0.0766. The number of aliphatic hydroxyl groups excluding tert-OH is 1. The molecule has 1 unspecified atom stereocenters. The molecule has 4 aliphatic carbocycles. The van der Waals surface area contributed by atoms with Crippen molar-refractivity contribution in [2.45, 2.75) is 138 Å². The predicted molar refractivity (Wildman–Crippen MR) is 149 cm³/mol. The zero-order chi connectivity index (χ0) is 24.9. The molecule has 8 atom stereocenters. The maximum absolute atomic E-state index is 10.2. The average molecular weight is 493 g/mol. The summed E-state index contributed by atoms with van der Waals surface area (Å²) in [6.07, 6.45) is 20.9. The summed E-state index contributed by atoms with van der Waals surface area (Å²) in [5.74, 6) is 6.28. The highest BCUT2D eigenvalue weighted by Crippen LogP contribution is 2.67. The van der Waals surface area contributed by atoms with E-state index in [1.165, 1.54) is 77.0 Å². The van der Waals surface area contributed by atoms with E-state index in [1.807, 2.05) is 0 Å². The molecule has 1 N–H and O–H groups in total. The van der Waals surface area contributed by atoms with Gasteiger partial charge in [0.1, 0.15) is 0 Å². The van der Waals surface area contributed by atoms with E-state index in [1.54, 1.807) is 5.57 Å². The van der Waals surface area contributed by atoms with Gasteiger partial charge in [0.25, 0.3) is 0 Å². The Morgan fingerprint density at radius 1 is 0.971 bits per heavy atom. The van der Waals surface area contributed by atoms with Crippen molar-refractivity contribution < 1.29 is 5.11 Å². The van der Waals surface area contributed by atoms with Crippen LogP contribution in [0.25, 0.3) is 0 Å². The predicted octanol–water partition coefficient (Wildman–Crippen LogP) is 9.80. The Hall–Kier alpha value is -0.0100. The van der Waals surface area contributed by atoms with Gasteiger partial charge in [-0.2, -0.15) is 0 Å². The molecule has 0 aromatic rings. The topological polar surface area (TPSA) is 20.2 Å². The lowest BCUT2D eigenvalue weighted by Gasteiger charge is -2.58. The van der Waals surface area contributed by atoms with Gasteiger partial charge in [0.15, 0.2) is 0 Å². The highest BCUT2D eigenvalue weighted by atomic mass is 35.5. The molecule has 198 valence electrons. The summed E-state index contributed by atoms with van der Waals surface area (Å²) < 4.78 is 0. The minimum Gasteiger partial charge on any atom is -0.393 e. The number of hydrogen-bond donors (Lipinski definition) is 1. The summed E-state index contributed by atoms with van der Waals surface area (Å²) in [5, 5.41) is 10.2. The quantitative estimate of drug-likeness (QED) is 0.203. The number of fused-ring (bicyclic) bond motifs is 5. The summed E-state index contributed by atoms with van der Waals surface area (Å²) in [4.78, 5) is 0. The Morgan fingerprint density at radius 2 is 1.74 bits per heavy atom. The first-order chi connectivity index (χ1) is 16.2. The number of allylic oxidation sites excluding steroid dienone is 1. The molecule has 0 radical (unpaired) electrons. The highest BCUT2D eigenvalue weighted by Gasteiger charge is 2.59. The van der Waals surface area contributed by atoms with Gasteiger partial charge in [0, 0.05) is 5.88 Å². The largest absolute Gasteiger partial charge is 0.393 e. The van der Waals surface area contributed by atoms with Crippen molar-refractivity contribution in [3.8, 4) is 0 Å². The van der Waals surface area contributed by atoms with Crippen LogP contribution in [-0.4, -0.2) is 17.1 Å². The second kappa shape index (κ2) is 12.5. The fourth-order valence-electron chi connectivity index (χ4n) is 9.01. The number of aliphatic hydroxyl groups is 1. The van der Waals surface area contributed by atoms with Crippen molar-refractivity contribution in [2.24, 2.45) is 46.3 Å². The first kappa shape index (κ1) is 28.6. The average Bonchev–Trinajstić information content (AvgIpc) is 3.15. The lowest BCUT2D eigenvalue weighted by molar-refractivity contribution is -0.0573. The number of alkyl halides is 1. The second-order valence-corrected chi connectivity index (χ2v) is 14.0. The third-order valence-corrected chi connectivity index (χ3v) is 11.3. The number of halogens is 1. The van der Waals surface area contributed by atoms with E-state index in [4.69, 9.17) is 11.6 Å². The van der Waals surface area contributed by atoms with Gasteiger partial charge < -0.3 is 5.11 Å². The van der Waals surface area contributed by atoms with E-state index in [9.17, 15) is 5.11 Å². The molecule has 0 spiro atoms. The summed E-state index contributed by atoms with van der Waals surface area (Å²) >= 11 is 5.38. The van der Waals surface area contributed by atoms with Crippen molar-refractivity contribution >= 4 is 11.6 Å². The zero-order valence-corrected chi connectivity index (χ0v) is 24.3. The van der Waals surface area contributed by atoms with Gasteiger partial charge in [-0.1, -0.05) is 85.3 Å². The monoisotopic (exact) mass is 492 g/mol. The molecule has 0 bridgehead atoms. The second-order valence-electron chi connectivity index (χ2n) is 13.6. The van der Waals surface area contributed by atoms with E-state index in [2.05, 4.69) is 47.6 Å². The molecular weight excluding hydrogens is 436 g/mol. The maximum Gasteiger partial charge on any atom is 0.0577 e. The molecule has 4 rings (SSSR count). The van der Waals surface area contributed by atoms with Gasteiger partial charge in [-0.25, -0.2) is 0 Å². The third-order valence-electron chi connectivity index (χ3n) is 11.0. The van der Waals surface area contributed by atoms with Gasteiger partial charge >= 0.3 is 0 Å². The number of rotatable bonds is 8. The molecule has 34 heavy (non-hydrogen) atoms. The lowest BCUT2D eigenvalue weighted by atomic mass is 9.47. The third kappa shape index (κ3) is 6.10. The maximum atomic E-state index is 10.2. The van der Waals surface area contributed by atoms with E-state index in [-0.39, 0.29) is 6.10 Å². The zero-order valence-electron chi connectivity index (χ0n) is 23.6. The van der Waals surface area contributed by atoms with Crippen LogP contribution >= 0.6 is 11.6 Å². The number of unbranched alkanes of at least 4 members (excludes halogenated alkanes) is 2. The van der Waals surface area contributed by atoms with Gasteiger partial charge in [-0.05, 0) is 104 Å². The molecule has 0 saturated heterocycles. The van der Waals surface area contributed by atoms with Crippen LogP contribution in [0.4, 0.5) is 0 Å². The van der Waals surface area contributed by atoms with Crippen LogP contribution in [0.15, 0.2) is 11.6 Å². The van der Waals surface area contributed by atoms with Gasteiger partial charge in [-0.3, -0.25) is 0 Å². The van der Waals surface area contributed by atoms with Crippen molar-refractivity contribution in [2.75, 3.05) is 5.88 Å². The van der Waals surface area contributed by atoms with E-state index in [0.717, 1.165) is 54.2 Å². The van der Waals surface area contributed by atoms with Crippen LogP contribution < -0.4 is 0 Å². The van der Waals surface area contributed by atoms with Crippen LogP contribution in [0.2, 0.25) is 0 Å². The minimum absolute atomic E-state index is 0.0766. The lowest BCUT2D eigenvalue weighted by Crippen LogP contribution is -2.50. The smallest absolute Gasteiger partial charge is 0.0577 e. The van der Waals surface area contributed by atoms with Crippen LogP contribution in [0.1, 0.15) is 131 Å². The van der Waals surface area contributed by atoms with E-state index < -0.39 is 0 Å². The van der Waals surface area contributed by atoms with Crippen LogP contribution in [-0.2, 0) is 0 Å². The van der Waals surface area contributed by atoms with Crippen molar-refractivity contribution in [1.82, 2.24) is 0 Å². The van der Waals surface area contributed by atoms with Crippen LogP contribution in [0, 0.1) is 46.3 Å². The molecule has 0 heterocycles. The Balaban J connectivity index is 0.000000481. The normalized spacial score (nSPS) is 39.9. The van der Waals surface area contributed by atoms with Gasteiger partial charge in [0.2, 0.25) is 0 Å². The molecule has 0 amide bonds. The molecule has 3 saturated carbocycles. The first-order valence-electron chi connectivity index (χ1n) is 15.1. The molecule has 2 heteroatoms. The molecule has 0 aromatic heterocycles. The number of hydrogen-bond acceptors (Lipinski definition) is 1. The SMILES string of the molecule is CC(C)CCCC(C)[C@H]1CC[C@H]2[C@@H]3CC=C4C[C@@H](O)CC[C@]4(C)[C@H]3CC[C@]12C.CCCCCCl. The van der Waals surface area contributed by atoms with Crippen molar-refractivity contribution in [3.63, 3.8) is 0 Å². The first-order valence-corrected chi connectivity index (χ1v) is 15.6. The Labute approximate surface area is 217 Å². The van der Waals surface area contributed by atoms with Gasteiger partial charge in [-0.15, -0.1) is 11.6 Å². The Kier molecular flexibility index (Phi) is 10.5. The van der Waals surface area contributed by atoms with Crippen LogP contribution in [0.5, 0.6) is 0 Å². The molecule has 4 aliphatic rings. The Bertz CT molecular complexity index is 651. The summed E-state index contributed by atoms with van der Waals surface area (Å²) in [5.41, 5.74) is 2.60.